The average molecular weight is 334 g/mol. The molecule has 1 heterocycles. The number of ether oxygens (including phenoxy) is 1. The minimum atomic E-state index is -0.0923. The van der Waals surface area contributed by atoms with E-state index < -0.39 is 0 Å². The van der Waals surface area contributed by atoms with Crippen LogP contribution < -0.4 is 10.2 Å². The Morgan fingerprint density at radius 1 is 1.08 bits per heavy atom. The highest BCUT2D eigenvalue weighted by molar-refractivity contribution is 5.54. The van der Waals surface area contributed by atoms with Gasteiger partial charge in [0.2, 0.25) is 0 Å². The van der Waals surface area contributed by atoms with Crippen LogP contribution in [0.3, 0.4) is 0 Å². The summed E-state index contributed by atoms with van der Waals surface area (Å²) in [5.74, 6) is -0.0923. The highest BCUT2D eigenvalue weighted by Gasteiger charge is 2.18. The fraction of sp³-hybridized carbons (Fsp3) is 0.700. The van der Waals surface area contributed by atoms with Crippen LogP contribution in [-0.2, 0) is 11.3 Å². The van der Waals surface area contributed by atoms with Gasteiger partial charge in [0.05, 0.1) is 6.10 Å². The SMILES string of the molecule is Fc1cccc(N2CCCC2)c1CNCCCOC1CCCCC1. The third-order valence-corrected chi connectivity index (χ3v) is 5.25. The molecular formula is C20H31FN2O. The zero-order valence-corrected chi connectivity index (χ0v) is 14.7. The lowest BCUT2D eigenvalue weighted by molar-refractivity contribution is 0.0273. The van der Waals surface area contributed by atoms with Crippen LogP contribution in [0.1, 0.15) is 56.9 Å². The van der Waals surface area contributed by atoms with Gasteiger partial charge in [-0.05, 0) is 50.8 Å². The molecule has 3 nitrogen and oxygen atoms in total. The number of nitrogens with zero attached hydrogens (tertiary/aromatic N) is 1. The molecule has 1 aromatic carbocycles. The summed E-state index contributed by atoms with van der Waals surface area (Å²) in [6.07, 6.45) is 10.3. The third-order valence-electron chi connectivity index (χ3n) is 5.25. The first-order chi connectivity index (χ1) is 11.8. The van der Waals surface area contributed by atoms with Crippen molar-refractivity contribution in [3.8, 4) is 0 Å². The van der Waals surface area contributed by atoms with E-state index in [-0.39, 0.29) is 5.82 Å². The van der Waals surface area contributed by atoms with E-state index in [0.717, 1.165) is 43.9 Å². The summed E-state index contributed by atoms with van der Waals surface area (Å²) in [5.41, 5.74) is 1.88. The van der Waals surface area contributed by atoms with Crippen LogP contribution in [0.5, 0.6) is 0 Å². The number of hydrogen-bond donors (Lipinski definition) is 1. The normalized spacial score (nSPS) is 19.1. The van der Waals surface area contributed by atoms with E-state index in [1.165, 1.54) is 44.9 Å². The summed E-state index contributed by atoms with van der Waals surface area (Å²) in [6, 6.07) is 5.45. The second kappa shape index (κ2) is 9.38. The summed E-state index contributed by atoms with van der Waals surface area (Å²) in [6.45, 7) is 4.38. The molecule has 1 saturated heterocycles. The molecule has 0 aromatic heterocycles. The molecule has 2 fully saturated rings. The molecule has 0 unspecified atom stereocenters. The fourth-order valence-electron chi connectivity index (χ4n) is 3.87. The molecule has 24 heavy (non-hydrogen) atoms. The minimum Gasteiger partial charge on any atom is -0.378 e. The summed E-state index contributed by atoms with van der Waals surface area (Å²) >= 11 is 0. The Bertz CT molecular complexity index is 496. The summed E-state index contributed by atoms with van der Waals surface area (Å²) < 4.78 is 20.2. The van der Waals surface area contributed by atoms with Crippen molar-refractivity contribution in [2.45, 2.75) is 64.0 Å². The number of hydrogen-bond acceptors (Lipinski definition) is 3. The van der Waals surface area contributed by atoms with E-state index >= 15 is 0 Å². The zero-order valence-electron chi connectivity index (χ0n) is 14.7. The van der Waals surface area contributed by atoms with Crippen molar-refractivity contribution in [1.82, 2.24) is 5.32 Å². The van der Waals surface area contributed by atoms with Gasteiger partial charge in [-0.2, -0.15) is 0 Å². The highest BCUT2D eigenvalue weighted by Crippen LogP contribution is 2.26. The molecule has 1 saturated carbocycles. The predicted molar refractivity (Wildman–Crippen MR) is 97.0 cm³/mol. The van der Waals surface area contributed by atoms with Crippen LogP contribution in [0, 0.1) is 5.82 Å². The molecule has 1 N–H and O–H groups in total. The Kier molecular flexibility index (Phi) is 6.91. The van der Waals surface area contributed by atoms with Crippen LogP contribution in [0.25, 0.3) is 0 Å². The van der Waals surface area contributed by atoms with Gasteiger partial charge >= 0.3 is 0 Å². The topological polar surface area (TPSA) is 24.5 Å². The van der Waals surface area contributed by atoms with E-state index in [1.54, 1.807) is 6.07 Å². The molecule has 0 amide bonds. The summed E-state index contributed by atoms with van der Waals surface area (Å²) in [7, 11) is 0. The molecule has 4 heteroatoms. The van der Waals surface area contributed by atoms with Crippen LogP contribution in [0.15, 0.2) is 18.2 Å². The zero-order chi connectivity index (χ0) is 16.6. The maximum atomic E-state index is 14.2. The molecule has 1 aliphatic carbocycles. The number of benzene rings is 1. The van der Waals surface area contributed by atoms with Crippen molar-refractivity contribution >= 4 is 5.69 Å². The second-order valence-corrected chi connectivity index (χ2v) is 7.09. The molecule has 3 rings (SSSR count). The van der Waals surface area contributed by atoms with Gasteiger partial charge in [-0.3, -0.25) is 0 Å². The quantitative estimate of drug-likeness (QED) is 0.719. The second-order valence-electron chi connectivity index (χ2n) is 7.09. The van der Waals surface area contributed by atoms with Crippen molar-refractivity contribution in [3.05, 3.63) is 29.6 Å². The molecule has 2 aliphatic rings. The minimum absolute atomic E-state index is 0.0923. The van der Waals surface area contributed by atoms with Crippen molar-refractivity contribution < 1.29 is 9.13 Å². The van der Waals surface area contributed by atoms with E-state index in [1.807, 2.05) is 6.07 Å². The molecule has 0 spiro atoms. The fourth-order valence-corrected chi connectivity index (χ4v) is 3.87. The average Bonchev–Trinajstić information content (AvgIpc) is 3.14. The Labute approximate surface area is 145 Å². The third kappa shape index (κ3) is 4.93. The van der Waals surface area contributed by atoms with E-state index in [2.05, 4.69) is 16.3 Å². The molecule has 1 aliphatic heterocycles. The van der Waals surface area contributed by atoms with Gasteiger partial charge in [-0.15, -0.1) is 0 Å². The first-order valence-corrected chi connectivity index (χ1v) is 9.69. The van der Waals surface area contributed by atoms with Gasteiger partial charge in [-0.1, -0.05) is 25.3 Å². The summed E-state index contributed by atoms with van der Waals surface area (Å²) in [4.78, 5) is 2.31. The van der Waals surface area contributed by atoms with Crippen LogP contribution in [-0.4, -0.2) is 32.3 Å². The summed E-state index contributed by atoms with van der Waals surface area (Å²) in [5, 5.41) is 3.40. The molecule has 0 bridgehead atoms. The Morgan fingerprint density at radius 2 is 1.88 bits per heavy atom. The standard InChI is InChI=1S/C20H31FN2O/c21-19-10-6-11-20(23-13-4-5-14-23)18(19)16-22-12-7-15-24-17-8-2-1-3-9-17/h6,10-11,17,22H,1-5,7-9,12-16H2. The van der Waals surface area contributed by atoms with E-state index in [9.17, 15) is 4.39 Å². The maximum absolute atomic E-state index is 14.2. The first kappa shape index (κ1) is 17.7. The lowest BCUT2D eigenvalue weighted by Gasteiger charge is -2.23. The van der Waals surface area contributed by atoms with Crippen molar-refractivity contribution in [1.29, 1.82) is 0 Å². The highest BCUT2D eigenvalue weighted by atomic mass is 19.1. The van der Waals surface area contributed by atoms with Gasteiger partial charge in [0.1, 0.15) is 5.82 Å². The molecule has 0 atom stereocenters. The Morgan fingerprint density at radius 3 is 2.67 bits per heavy atom. The van der Waals surface area contributed by atoms with E-state index in [4.69, 9.17) is 4.74 Å². The van der Waals surface area contributed by atoms with Gasteiger partial charge in [0.15, 0.2) is 0 Å². The van der Waals surface area contributed by atoms with Gasteiger partial charge in [0.25, 0.3) is 0 Å². The molecule has 134 valence electrons. The van der Waals surface area contributed by atoms with E-state index in [0.29, 0.717) is 12.6 Å². The molecule has 0 radical (unpaired) electrons. The van der Waals surface area contributed by atoms with Crippen molar-refractivity contribution in [2.75, 3.05) is 31.1 Å². The van der Waals surface area contributed by atoms with Crippen molar-refractivity contribution in [3.63, 3.8) is 0 Å². The van der Waals surface area contributed by atoms with Crippen LogP contribution in [0.2, 0.25) is 0 Å². The monoisotopic (exact) mass is 334 g/mol. The van der Waals surface area contributed by atoms with Gasteiger partial charge in [0, 0.05) is 37.5 Å². The lowest BCUT2D eigenvalue weighted by atomic mass is 9.98. The smallest absolute Gasteiger partial charge is 0.129 e. The molecular weight excluding hydrogens is 303 g/mol. The van der Waals surface area contributed by atoms with Gasteiger partial charge < -0.3 is 15.0 Å². The Balaban J connectivity index is 1.39. The Hall–Kier alpha value is -1.13. The van der Waals surface area contributed by atoms with Crippen molar-refractivity contribution in [2.24, 2.45) is 0 Å². The van der Waals surface area contributed by atoms with Gasteiger partial charge in [-0.25, -0.2) is 4.39 Å². The van der Waals surface area contributed by atoms with Crippen LogP contribution in [0.4, 0.5) is 10.1 Å². The van der Waals surface area contributed by atoms with Crippen LogP contribution >= 0.6 is 0 Å². The number of halogens is 1. The predicted octanol–water partition coefficient (Wildman–Crippen LogP) is 4.25. The maximum Gasteiger partial charge on any atom is 0.129 e. The number of nitrogens with one attached hydrogen (secondary N) is 1. The largest absolute Gasteiger partial charge is 0.378 e. The lowest BCUT2D eigenvalue weighted by Crippen LogP contribution is -2.24. The number of anilines is 1. The molecule has 1 aromatic rings. The first-order valence-electron chi connectivity index (χ1n) is 9.69. The number of rotatable bonds is 8.